The van der Waals surface area contributed by atoms with Crippen molar-refractivity contribution in [3.63, 3.8) is 0 Å². The van der Waals surface area contributed by atoms with Gasteiger partial charge in [0.1, 0.15) is 17.8 Å². The summed E-state index contributed by atoms with van der Waals surface area (Å²) >= 11 is 0. The number of aromatic amines is 1. The molecule has 2 aromatic heterocycles. The van der Waals surface area contributed by atoms with Crippen LogP contribution in [0.25, 0.3) is 17.1 Å². The van der Waals surface area contributed by atoms with Crippen LogP contribution in [0.5, 0.6) is 0 Å². The fraction of sp³-hybridized carbons (Fsp3) is 0.412. The zero-order chi connectivity index (χ0) is 15.5. The summed E-state index contributed by atoms with van der Waals surface area (Å²) in [5, 5.41) is 10.1. The van der Waals surface area contributed by atoms with Crippen LogP contribution >= 0.6 is 0 Å². The molecule has 0 spiro atoms. The number of rotatable bonds is 4. The molecule has 0 amide bonds. The van der Waals surface area contributed by atoms with Crippen molar-refractivity contribution in [3.8, 4) is 0 Å². The maximum absolute atomic E-state index is 9.05. The second-order valence-corrected chi connectivity index (χ2v) is 5.78. The van der Waals surface area contributed by atoms with Gasteiger partial charge in [0.15, 0.2) is 0 Å². The molecule has 3 rings (SSSR count). The van der Waals surface area contributed by atoms with Crippen molar-refractivity contribution in [2.24, 2.45) is 0 Å². The highest BCUT2D eigenvalue weighted by molar-refractivity contribution is 5.93. The topological polar surface area (TPSA) is 65.0 Å². The first-order valence-corrected chi connectivity index (χ1v) is 7.75. The molecule has 0 saturated carbocycles. The lowest BCUT2D eigenvalue weighted by Crippen LogP contribution is -2.30. The second-order valence-electron chi connectivity index (χ2n) is 5.78. The predicted octanol–water partition coefficient (Wildman–Crippen LogP) is 2.82. The van der Waals surface area contributed by atoms with Crippen LogP contribution in [0.2, 0.25) is 0 Å². The number of piperidine rings is 1. The first-order chi connectivity index (χ1) is 10.7. The monoisotopic (exact) mass is 298 g/mol. The smallest absolute Gasteiger partial charge is 0.143 e. The van der Waals surface area contributed by atoms with E-state index >= 15 is 0 Å². The number of aromatic nitrogens is 3. The molecule has 3 heterocycles. The van der Waals surface area contributed by atoms with Crippen molar-refractivity contribution >= 4 is 22.9 Å². The molecule has 0 bridgehead atoms. The van der Waals surface area contributed by atoms with Gasteiger partial charge >= 0.3 is 0 Å². The van der Waals surface area contributed by atoms with E-state index in [-0.39, 0.29) is 6.61 Å². The minimum absolute atomic E-state index is 0.0331. The summed E-state index contributed by atoms with van der Waals surface area (Å²) in [4.78, 5) is 14.6. The molecular weight excluding hydrogens is 276 g/mol. The number of hydrogen-bond acceptors (Lipinski definition) is 4. The quantitative estimate of drug-likeness (QED) is 0.852. The van der Waals surface area contributed by atoms with Gasteiger partial charge in [-0.25, -0.2) is 9.97 Å². The third kappa shape index (κ3) is 2.76. The predicted molar refractivity (Wildman–Crippen MR) is 89.9 cm³/mol. The minimum atomic E-state index is -0.0331. The van der Waals surface area contributed by atoms with Gasteiger partial charge in [0.05, 0.1) is 12.0 Å². The molecule has 22 heavy (non-hydrogen) atoms. The highest BCUT2D eigenvalue weighted by Gasteiger charge is 2.18. The number of H-pyrrole nitrogens is 1. The van der Waals surface area contributed by atoms with Gasteiger partial charge in [0.25, 0.3) is 0 Å². The van der Waals surface area contributed by atoms with Crippen molar-refractivity contribution in [1.29, 1.82) is 0 Å². The summed E-state index contributed by atoms with van der Waals surface area (Å²) in [7, 11) is 0. The summed E-state index contributed by atoms with van der Waals surface area (Å²) in [6.45, 7) is 7.94. The number of aliphatic hydroxyl groups excluding tert-OH is 1. The summed E-state index contributed by atoms with van der Waals surface area (Å²) < 4.78 is 0. The van der Waals surface area contributed by atoms with Crippen LogP contribution < -0.4 is 4.90 Å². The second kappa shape index (κ2) is 6.32. The van der Waals surface area contributed by atoms with E-state index in [0.29, 0.717) is 5.57 Å². The number of fused-ring (bicyclic) bond motifs is 1. The largest absolute Gasteiger partial charge is 0.392 e. The van der Waals surface area contributed by atoms with E-state index in [1.54, 1.807) is 6.33 Å². The maximum atomic E-state index is 9.05. The Morgan fingerprint density at radius 1 is 1.36 bits per heavy atom. The number of hydrogen-bond donors (Lipinski definition) is 2. The fourth-order valence-electron chi connectivity index (χ4n) is 2.94. The zero-order valence-corrected chi connectivity index (χ0v) is 13.0. The lowest BCUT2D eigenvalue weighted by atomic mass is 10.1. The first kappa shape index (κ1) is 14.8. The molecule has 1 fully saturated rings. The fourth-order valence-corrected chi connectivity index (χ4v) is 2.94. The Hall–Kier alpha value is -2.14. The molecule has 1 aliphatic heterocycles. The van der Waals surface area contributed by atoms with Crippen LogP contribution in [0.15, 0.2) is 24.6 Å². The van der Waals surface area contributed by atoms with Crippen LogP contribution in [0, 0.1) is 6.92 Å². The van der Waals surface area contributed by atoms with Crippen LogP contribution in [-0.4, -0.2) is 39.8 Å². The number of nitrogens with one attached hydrogen (secondary N) is 1. The van der Waals surface area contributed by atoms with E-state index in [1.807, 2.05) is 12.2 Å². The van der Waals surface area contributed by atoms with Gasteiger partial charge < -0.3 is 15.0 Å². The third-order valence-electron chi connectivity index (χ3n) is 4.20. The summed E-state index contributed by atoms with van der Waals surface area (Å²) in [5.41, 5.74) is 3.67. The van der Waals surface area contributed by atoms with E-state index in [2.05, 4.69) is 33.4 Å². The number of nitrogens with zero attached hydrogens (tertiary/aromatic N) is 3. The number of aryl methyl sites for hydroxylation is 1. The highest BCUT2D eigenvalue weighted by Crippen LogP contribution is 2.30. The molecule has 116 valence electrons. The van der Waals surface area contributed by atoms with Crippen molar-refractivity contribution in [3.05, 3.63) is 35.8 Å². The Kier molecular flexibility index (Phi) is 4.24. The molecule has 0 aromatic carbocycles. The number of aliphatic hydroxyl groups is 1. The van der Waals surface area contributed by atoms with Gasteiger partial charge in [0.2, 0.25) is 0 Å². The molecule has 1 saturated heterocycles. The molecule has 2 aromatic rings. The number of anilines is 1. The SMILES string of the molecule is C=C(/C=C\c1[nH]c2ncnc(N3CCCCC3)c2c1C)CO. The minimum Gasteiger partial charge on any atom is -0.392 e. The molecule has 0 unspecified atom stereocenters. The van der Waals surface area contributed by atoms with E-state index in [4.69, 9.17) is 5.11 Å². The van der Waals surface area contributed by atoms with Gasteiger partial charge in [-0.15, -0.1) is 0 Å². The Morgan fingerprint density at radius 2 is 2.14 bits per heavy atom. The van der Waals surface area contributed by atoms with Crippen molar-refractivity contribution < 1.29 is 5.11 Å². The highest BCUT2D eigenvalue weighted by atomic mass is 16.3. The molecular formula is C17H22N4O. The summed E-state index contributed by atoms with van der Waals surface area (Å²) in [5.74, 6) is 1.03. The van der Waals surface area contributed by atoms with Crippen LogP contribution in [0.4, 0.5) is 5.82 Å². The van der Waals surface area contributed by atoms with E-state index in [0.717, 1.165) is 41.2 Å². The molecule has 0 radical (unpaired) electrons. The lowest BCUT2D eigenvalue weighted by molar-refractivity contribution is 0.335. The molecule has 5 heteroatoms. The van der Waals surface area contributed by atoms with E-state index < -0.39 is 0 Å². The average Bonchev–Trinajstić information content (AvgIpc) is 2.89. The molecule has 5 nitrogen and oxygen atoms in total. The molecule has 0 aliphatic carbocycles. The van der Waals surface area contributed by atoms with E-state index in [1.165, 1.54) is 19.3 Å². The standard InChI is InChI=1S/C17H22N4O/c1-12(10-22)6-7-14-13(2)15-16(20-14)18-11-19-17(15)21-8-4-3-5-9-21/h6-7,11,22H,1,3-5,8-10H2,2H3,(H,18,19,20)/b7-6-. The van der Waals surface area contributed by atoms with Crippen molar-refractivity contribution in [2.45, 2.75) is 26.2 Å². The van der Waals surface area contributed by atoms with Gasteiger partial charge in [-0.2, -0.15) is 0 Å². The Labute approximate surface area is 130 Å². The van der Waals surface area contributed by atoms with Crippen molar-refractivity contribution in [1.82, 2.24) is 15.0 Å². The van der Waals surface area contributed by atoms with Gasteiger partial charge in [-0.1, -0.05) is 12.7 Å². The Balaban J connectivity index is 2.02. The van der Waals surface area contributed by atoms with Crippen molar-refractivity contribution in [2.75, 3.05) is 24.6 Å². The molecule has 1 aliphatic rings. The van der Waals surface area contributed by atoms with Crippen LogP contribution in [0.1, 0.15) is 30.5 Å². The normalized spacial score (nSPS) is 15.8. The summed E-state index contributed by atoms with van der Waals surface area (Å²) in [6, 6.07) is 0. The van der Waals surface area contributed by atoms with E-state index in [9.17, 15) is 0 Å². The van der Waals surface area contributed by atoms with Crippen LogP contribution in [-0.2, 0) is 0 Å². The Bertz CT molecular complexity index is 711. The maximum Gasteiger partial charge on any atom is 0.143 e. The van der Waals surface area contributed by atoms with Gasteiger partial charge in [0, 0.05) is 18.8 Å². The molecule has 2 N–H and O–H groups in total. The first-order valence-electron chi connectivity index (χ1n) is 7.75. The average molecular weight is 298 g/mol. The zero-order valence-electron chi connectivity index (χ0n) is 13.0. The van der Waals surface area contributed by atoms with Crippen LogP contribution in [0.3, 0.4) is 0 Å². The summed E-state index contributed by atoms with van der Waals surface area (Å²) in [6.07, 6.45) is 9.13. The third-order valence-corrected chi connectivity index (χ3v) is 4.20. The van der Waals surface area contributed by atoms with Gasteiger partial charge in [-0.05, 0) is 43.4 Å². The molecule has 0 atom stereocenters. The lowest BCUT2D eigenvalue weighted by Gasteiger charge is -2.28. The van der Waals surface area contributed by atoms with Gasteiger partial charge in [-0.3, -0.25) is 0 Å². The Morgan fingerprint density at radius 3 is 2.86 bits per heavy atom.